The summed E-state index contributed by atoms with van der Waals surface area (Å²) in [7, 11) is 0. The molecule has 2 aromatic heterocycles. The van der Waals surface area contributed by atoms with Crippen molar-refractivity contribution in [2.45, 2.75) is 0 Å². The fourth-order valence-corrected chi connectivity index (χ4v) is 11.3. The first-order chi connectivity index (χ1) is 32.2. The Kier molecular flexibility index (Phi) is 8.75. The van der Waals surface area contributed by atoms with Crippen LogP contribution in [-0.4, -0.2) is 4.57 Å². The minimum Gasteiger partial charge on any atom is -0.310 e. The predicted molar refractivity (Wildman–Crippen MR) is 280 cm³/mol. The molecule has 13 rings (SSSR count). The molecule has 65 heavy (non-hydrogen) atoms. The second kappa shape index (κ2) is 15.2. The van der Waals surface area contributed by atoms with Crippen LogP contribution in [0.15, 0.2) is 243 Å². The van der Waals surface area contributed by atoms with Gasteiger partial charge in [-0.1, -0.05) is 176 Å². The first-order valence-corrected chi connectivity index (χ1v) is 23.1. The van der Waals surface area contributed by atoms with E-state index < -0.39 is 0 Å². The van der Waals surface area contributed by atoms with Crippen LogP contribution in [0.25, 0.3) is 103 Å². The minimum atomic E-state index is 1.09. The van der Waals surface area contributed by atoms with Gasteiger partial charge < -0.3 is 9.47 Å². The van der Waals surface area contributed by atoms with Crippen LogP contribution in [0.3, 0.4) is 0 Å². The summed E-state index contributed by atoms with van der Waals surface area (Å²) in [5, 5.41) is 10.2. The number of fused-ring (bicyclic) bond motifs is 9. The number of hydrogen-bond donors (Lipinski definition) is 0. The number of rotatable bonds is 7. The lowest BCUT2D eigenvalue weighted by molar-refractivity contribution is 1.18. The Balaban J connectivity index is 0.973. The van der Waals surface area contributed by atoms with Gasteiger partial charge >= 0.3 is 0 Å². The van der Waals surface area contributed by atoms with Crippen molar-refractivity contribution in [1.82, 2.24) is 4.57 Å². The van der Waals surface area contributed by atoms with Gasteiger partial charge in [-0.25, -0.2) is 0 Å². The lowest BCUT2D eigenvalue weighted by Crippen LogP contribution is -2.11. The predicted octanol–water partition coefficient (Wildman–Crippen LogP) is 17.9. The van der Waals surface area contributed by atoms with Crippen LogP contribution in [0, 0.1) is 0 Å². The summed E-state index contributed by atoms with van der Waals surface area (Å²) in [6.45, 7) is 0. The number of aromatic nitrogens is 1. The average Bonchev–Trinajstić information content (AvgIpc) is 3.93. The van der Waals surface area contributed by atoms with Gasteiger partial charge in [0.1, 0.15) is 0 Å². The molecule has 0 saturated carbocycles. The monoisotopic (exact) mass is 844 g/mol. The van der Waals surface area contributed by atoms with E-state index in [0.717, 1.165) is 28.3 Å². The van der Waals surface area contributed by atoms with Gasteiger partial charge in [-0.2, -0.15) is 0 Å². The number of para-hydroxylation sites is 2. The van der Waals surface area contributed by atoms with E-state index in [2.05, 4.69) is 252 Å². The zero-order valence-electron chi connectivity index (χ0n) is 35.4. The Morgan fingerprint density at radius 1 is 0.323 bits per heavy atom. The van der Waals surface area contributed by atoms with Crippen LogP contribution >= 0.6 is 11.3 Å². The maximum absolute atomic E-state index is 2.45. The van der Waals surface area contributed by atoms with Crippen molar-refractivity contribution in [3.63, 3.8) is 0 Å². The summed E-state index contributed by atoms with van der Waals surface area (Å²) in [5.74, 6) is 0. The third-order valence-corrected chi connectivity index (χ3v) is 14.4. The molecule has 0 atom stereocenters. The molecular weight excluding hydrogens is 805 g/mol. The maximum Gasteiger partial charge on any atom is 0.0541 e. The topological polar surface area (TPSA) is 8.17 Å². The summed E-state index contributed by atoms with van der Waals surface area (Å²) in [6.07, 6.45) is 0. The Labute approximate surface area is 381 Å². The minimum absolute atomic E-state index is 1.09. The van der Waals surface area contributed by atoms with Crippen LogP contribution < -0.4 is 4.90 Å². The molecule has 0 aliphatic carbocycles. The first kappa shape index (κ1) is 37.3. The second-order valence-corrected chi connectivity index (χ2v) is 18.0. The van der Waals surface area contributed by atoms with Gasteiger partial charge in [-0.05, 0) is 116 Å². The number of benzene rings is 11. The highest BCUT2D eigenvalue weighted by atomic mass is 32.1. The Morgan fingerprint density at radius 2 is 0.908 bits per heavy atom. The van der Waals surface area contributed by atoms with Gasteiger partial charge in [0.05, 0.1) is 16.7 Å². The molecule has 0 fully saturated rings. The molecule has 11 aromatic carbocycles. The van der Waals surface area contributed by atoms with Crippen molar-refractivity contribution in [3.8, 4) is 39.1 Å². The number of anilines is 3. The Hall–Kier alpha value is -8.24. The fraction of sp³-hybridized carbons (Fsp3) is 0. The summed E-state index contributed by atoms with van der Waals surface area (Å²) < 4.78 is 4.99. The van der Waals surface area contributed by atoms with Crippen LogP contribution in [-0.2, 0) is 0 Å². The van der Waals surface area contributed by atoms with E-state index in [1.54, 1.807) is 0 Å². The van der Waals surface area contributed by atoms with Crippen molar-refractivity contribution in [3.05, 3.63) is 243 Å². The van der Waals surface area contributed by atoms with Gasteiger partial charge in [0, 0.05) is 53.6 Å². The molecule has 0 bridgehead atoms. The molecule has 3 heteroatoms. The highest BCUT2D eigenvalue weighted by Gasteiger charge is 2.21. The number of nitrogens with zero attached hydrogens (tertiary/aromatic N) is 2. The van der Waals surface area contributed by atoms with Gasteiger partial charge in [-0.15, -0.1) is 11.3 Å². The van der Waals surface area contributed by atoms with Crippen molar-refractivity contribution >= 4 is 91.9 Å². The third-order valence-electron chi connectivity index (χ3n) is 13.2. The molecule has 0 spiro atoms. The van der Waals surface area contributed by atoms with E-state index in [0.29, 0.717) is 0 Å². The molecule has 0 amide bonds. The van der Waals surface area contributed by atoms with Crippen molar-refractivity contribution in [1.29, 1.82) is 0 Å². The van der Waals surface area contributed by atoms with E-state index in [9.17, 15) is 0 Å². The molecule has 0 aliphatic rings. The molecule has 304 valence electrons. The zero-order chi connectivity index (χ0) is 42.8. The second-order valence-electron chi connectivity index (χ2n) is 16.9. The van der Waals surface area contributed by atoms with Crippen LogP contribution in [0.2, 0.25) is 0 Å². The van der Waals surface area contributed by atoms with E-state index in [-0.39, 0.29) is 0 Å². The maximum atomic E-state index is 2.45. The summed E-state index contributed by atoms with van der Waals surface area (Å²) >= 11 is 1.89. The smallest absolute Gasteiger partial charge is 0.0541 e. The summed E-state index contributed by atoms with van der Waals surface area (Å²) in [6, 6.07) is 89.0. The van der Waals surface area contributed by atoms with Crippen molar-refractivity contribution < 1.29 is 0 Å². The highest BCUT2D eigenvalue weighted by Crippen LogP contribution is 2.46. The molecule has 0 N–H and O–H groups in total. The molecule has 0 unspecified atom stereocenters. The Bertz CT molecular complexity index is 3900. The fourth-order valence-electron chi connectivity index (χ4n) is 10.0. The SMILES string of the molecule is c1ccc(-c2cc(-c3ccc4ccccc4c3)ccc2N(c2ccc(-c3cccc(-n4c5ccccc5c5ccccc54)c3)cc2)c2ccc3c(c2)sc2c4ccccc4ccc32)cc1. The van der Waals surface area contributed by atoms with E-state index in [1.165, 1.54) is 91.3 Å². The number of thiophene rings is 1. The first-order valence-electron chi connectivity index (χ1n) is 22.2. The lowest BCUT2D eigenvalue weighted by Gasteiger charge is -2.28. The van der Waals surface area contributed by atoms with Crippen LogP contribution in [0.5, 0.6) is 0 Å². The normalized spacial score (nSPS) is 11.7. The average molecular weight is 845 g/mol. The zero-order valence-corrected chi connectivity index (χ0v) is 36.2. The van der Waals surface area contributed by atoms with E-state index >= 15 is 0 Å². The molecule has 0 saturated heterocycles. The van der Waals surface area contributed by atoms with E-state index in [4.69, 9.17) is 0 Å². The molecular formula is C62H40N2S. The van der Waals surface area contributed by atoms with Crippen molar-refractivity contribution in [2.24, 2.45) is 0 Å². The molecule has 2 nitrogen and oxygen atoms in total. The third kappa shape index (κ3) is 6.31. The highest BCUT2D eigenvalue weighted by molar-refractivity contribution is 7.26. The van der Waals surface area contributed by atoms with Crippen LogP contribution in [0.1, 0.15) is 0 Å². The van der Waals surface area contributed by atoms with Crippen molar-refractivity contribution in [2.75, 3.05) is 4.90 Å². The Morgan fingerprint density at radius 3 is 1.71 bits per heavy atom. The van der Waals surface area contributed by atoms with Gasteiger partial charge in [0.15, 0.2) is 0 Å². The summed E-state index contributed by atoms with van der Waals surface area (Å²) in [5.41, 5.74) is 14.0. The van der Waals surface area contributed by atoms with Gasteiger partial charge in [0.2, 0.25) is 0 Å². The summed E-state index contributed by atoms with van der Waals surface area (Å²) in [4.78, 5) is 2.45. The standard InChI is InChI=1S/C62H40N2S/c1-2-14-43(15-3-1)57-39-48(47-26-25-41-13-4-5-17-45(41)37-47)30-36-60(57)63(51-33-35-55-56-34-29-44-16-6-7-20-52(44)62(56)65-61(55)40-51)49-31-27-42(28-32-49)46-18-12-19-50(38-46)64-58-23-10-8-21-53(58)54-22-9-11-24-59(54)64/h1-40H. The van der Waals surface area contributed by atoms with Gasteiger partial charge in [-0.3, -0.25) is 0 Å². The van der Waals surface area contributed by atoms with E-state index in [1.807, 2.05) is 11.3 Å². The molecule has 13 aromatic rings. The largest absolute Gasteiger partial charge is 0.310 e. The molecule has 0 radical (unpaired) electrons. The lowest BCUT2D eigenvalue weighted by atomic mass is 9.95. The quantitative estimate of drug-likeness (QED) is 0.155. The number of hydrogen-bond acceptors (Lipinski definition) is 2. The van der Waals surface area contributed by atoms with Gasteiger partial charge in [0.25, 0.3) is 0 Å². The van der Waals surface area contributed by atoms with Crippen LogP contribution in [0.4, 0.5) is 17.1 Å². The molecule has 0 aliphatic heterocycles. The molecule has 2 heterocycles.